The standard InChI is InChI=1S/C16H15NO3/c1-11-5-3-4-6-13(11)10-16(18)14-7-8-15(17(19)20)12(2)9-14/h3-9H,10H2,1-2H3. The van der Waals surface area contributed by atoms with Crippen molar-refractivity contribution < 1.29 is 9.72 Å². The van der Waals surface area contributed by atoms with Crippen molar-refractivity contribution in [2.75, 3.05) is 0 Å². The fourth-order valence-corrected chi connectivity index (χ4v) is 2.12. The molecule has 4 heteroatoms. The van der Waals surface area contributed by atoms with E-state index in [9.17, 15) is 14.9 Å². The van der Waals surface area contributed by atoms with E-state index in [2.05, 4.69) is 0 Å². The molecule has 4 nitrogen and oxygen atoms in total. The first-order valence-electron chi connectivity index (χ1n) is 6.32. The van der Waals surface area contributed by atoms with Gasteiger partial charge in [0.1, 0.15) is 0 Å². The molecule has 0 aromatic heterocycles. The molecule has 0 spiro atoms. The lowest BCUT2D eigenvalue weighted by Gasteiger charge is -2.06. The van der Waals surface area contributed by atoms with Crippen LogP contribution in [0, 0.1) is 24.0 Å². The lowest BCUT2D eigenvalue weighted by Crippen LogP contribution is -2.05. The van der Waals surface area contributed by atoms with Gasteiger partial charge in [-0.15, -0.1) is 0 Å². The van der Waals surface area contributed by atoms with Crippen molar-refractivity contribution >= 4 is 11.5 Å². The van der Waals surface area contributed by atoms with E-state index in [0.29, 0.717) is 17.5 Å². The summed E-state index contributed by atoms with van der Waals surface area (Å²) in [4.78, 5) is 22.5. The number of hydrogen-bond donors (Lipinski definition) is 0. The van der Waals surface area contributed by atoms with Crippen LogP contribution in [0.4, 0.5) is 5.69 Å². The third-order valence-electron chi connectivity index (χ3n) is 3.33. The summed E-state index contributed by atoms with van der Waals surface area (Å²) in [6.07, 6.45) is 0.309. The molecule has 0 atom stereocenters. The minimum absolute atomic E-state index is 0.0303. The van der Waals surface area contributed by atoms with E-state index in [4.69, 9.17) is 0 Å². The monoisotopic (exact) mass is 269 g/mol. The van der Waals surface area contributed by atoms with Crippen molar-refractivity contribution in [3.05, 3.63) is 74.8 Å². The summed E-state index contributed by atoms with van der Waals surface area (Å²) in [5.74, 6) is -0.0303. The third kappa shape index (κ3) is 2.91. The molecule has 0 saturated heterocycles. The van der Waals surface area contributed by atoms with Crippen molar-refractivity contribution in [1.29, 1.82) is 0 Å². The topological polar surface area (TPSA) is 60.2 Å². The maximum atomic E-state index is 12.2. The molecule has 2 rings (SSSR count). The van der Waals surface area contributed by atoms with Crippen molar-refractivity contribution in [3.63, 3.8) is 0 Å². The van der Waals surface area contributed by atoms with E-state index in [1.54, 1.807) is 13.0 Å². The van der Waals surface area contributed by atoms with Gasteiger partial charge in [-0.25, -0.2) is 0 Å². The van der Waals surface area contributed by atoms with Gasteiger partial charge in [0.2, 0.25) is 0 Å². The number of aryl methyl sites for hydroxylation is 2. The van der Waals surface area contributed by atoms with E-state index in [0.717, 1.165) is 11.1 Å². The third-order valence-corrected chi connectivity index (χ3v) is 3.33. The van der Waals surface area contributed by atoms with Gasteiger partial charge in [0.25, 0.3) is 5.69 Å². The molecule has 20 heavy (non-hydrogen) atoms. The zero-order valence-electron chi connectivity index (χ0n) is 11.4. The highest BCUT2D eigenvalue weighted by Gasteiger charge is 2.14. The van der Waals surface area contributed by atoms with Crippen LogP contribution < -0.4 is 0 Å². The van der Waals surface area contributed by atoms with Gasteiger partial charge in [0.05, 0.1) is 4.92 Å². The summed E-state index contributed by atoms with van der Waals surface area (Å²) in [7, 11) is 0. The average Bonchev–Trinajstić information content (AvgIpc) is 2.40. The molecule has 2 aromatic carbocycles. The van der Waals surface area contributed by atoms with Crippen LogP contribution in [0.2, 0.25) is 0 Å². The Morgan fingerprint density at radius 3 is 2.40 bits per heavy atom. The lowest BCUT2D eigenvalue weighted by atomic mass is 9.98. The van der Waals surface area contributed by atoms with Crippen LogP contribution in [0.15, 0.2) is 42.5 Å². The van der Waals surface area contributed by atoms with Crippen molar-refractivity contribution in [2.24, 2.45) is 0 Å². The predicted molar refractivity (Wildman–Crippen MR) is 77.0 cm³/mol. The van der Waals surface area contributed by atoms with Gasteiger partial charge in [-0.2, -0.15) is 0 Å². The number of nitro groups is 1. The van der Waals surface area contributed by atoms with Crippen LogP contribution in [0.1, 0.15) is 27.0 Å². The summed E-state index contributed by atoms with van der Waals surface area (Å²) in [6.45, 7) is 3.60. The normalized spacial score (nSPS) is 10.3. The van der Waals surface area contributed by atoms with Gasteiger partial charge in [-0.05, 0) is 37.1 Å². The number of carbonyl (C=O) groups is 1. The predicted octanol–water partition coefficient (Wildman–Crippen LogP) is 3.64. The highest BCUT2D eigenvalue weighted by Crippen LogP contribution is 2.20. The Bertz CT molecular complexity index is 677. The molecule has 0 heterocycles. The van der Waals surface area contributed by atoms with Gasteiger partial charge in [-0.1, -0.05) is 24.3 Å². The minimum atomic E-state index is -0.440. The quantitative estimate of drug-likeness (QED) is 0.483. The van der Waals surface area contributed by atoms with Crippen LogP contribution in [-0.2, 0) is 6.42 Å². The Morgan fingerprint density at radius 1 is 1.10 bits per heavy atom. The molecule has 0 aliphatic rings. The van der Waals surface area contributed by atoms with E-state index in [-0.39, 0.29) is 11.5 Å². The summed E-state index contributed by atoms with van der Waals surface area (Å²) < 4.78 is 0. The van der Waals surface area contributed by atoms with Crippen molar-refractivity contribution in [1.82, 2.24) is 0 Å². The van der Waals surface area contributed by atoms with E-state index in [1.807, 2.05) is 31.2 Å². The number of Topliss-reactive ketones (excluding diaryl/α,β-unsaturated/α-hetero) is 1. The largest absolute Gasteiger partial charge is 0.294 e. The molecular formula is C16H15NO3. The highest BCUT2D eigenvalue weighted by atomic mass is 16.6. The Labute approximate surface area is 117 Å². The average molecular weight is 269 g/mol. The molecule has 0 unspecified atom stereocenters. The van der Waals surface area contributed by atoms with Crippen LogP contribution in [0.25, 0.3) is 0 Å². The Hall–Kier alpha value is -2.49. The molecule has 2 aromatic rings. The second kappa shape index (κ2) is 5.65. The summed E-state index contributed by atoms with van der Waals surface area (Å²) in [6, 6.07) is 12.2. The zero-order chi connectivity index (χ0) is 14.7. The molecule has 0 bridgehead atoms. The number of benzene rings is 2. The molecule has 102 valence electrons. The molecular weight excluding hydrogens is 254 g/mol. The second-order valence-electron chi connectivity index (χ2n) is 4.78. The van der Waals surface area contributed by atoms with Crippen LogP contribution >= 0.6 is 0 Å². The summed E-state index contributed by atoms with van der Waals surface area (Å²) in [5.41, 5.74) is 3.10. The number of ketones is 1. The van der Waals surface area contributed by atoms with Crippen molar-refractivity contribution in [3.8, 4) is 0 Å². The maximum Gasteiger partial charge on any atom is 0.272 e. The van der Waals surface area contributed by atoms with E-state index < -0.39 is 4.92 Å². The first-order valence-corrected chi connectivity index (χ1v) is 6.32. The number of nitro benzene ring substituents is 1. The zero-order valence-corrected chi connectivity index (χ0v) is 11.4. The fourth-order valence-electron chi connectivity index (χ4n) is 2.12. The van der Waals surface area contributed by atoms with Crippen molar-refractivity contribution in [2.45, 2.75) is 20.3 Å². The number of hydrogen-bond acceptors (Lipinski definition) is 3. The smallest absolute Gasteiger partial charge is 0.272 e. The van der Waals surface area contributed by atoms with Gasteiger partial charge in [0, 0.05) is 23.6 Å². The fraction of sp³-hybridized carbons (Fsp3) is 0.188. The lowest BCUT2D eigenvalue weighted by molar-refractivity contribution is -0.385. The molecule has 0 amide bonds. The van der Waals surface area contributed by atoms with Crippen LogP contribution in [0.5, 0.6) is 0 Å². The molecule has 0 saturated carbocycles. The molecule has 0 radical (unpaired) electrons. The first kappa shape index (κ1) is 13.9. The highest BCUT2D eigenvalue weighted by molar-refractivity contribution is 5.98. The van der Waals surface area contributed by atoms with E-state index in [1.165, 1.54) is 12.1 Å². The molecule has 0 N–H and O–H groups in total. The maximum absolute atomic E-state index is 12.2. The Balaban J connectivity index is 2.24. The van der Waals surface area contributed by atoms with Crippen LogP contribution in [0.3, 0.4) is 0 Å². The molecule has 0 aliphatic carbocycles. The first-order chi connectivity index (χ1) is 9.49. The summed E-state index contributed by atoms with van der Waals surface area (Å²) >= 11 is 0. The van der Waals surface area contributed by atoms with Gasteiger partial charge < -0.3 is 0 Å². The van der Waals surface area contributed by atoms with Gasteiger partial charge in [0.15, 0.2) is 5.78 Å². The molecule has 0 fully saturated rings. The second-order valence-corrected chi connectivity index (χ2v) is 4.78. The Kier molecular flexibility index (Phi) is 3.94. The van der Waals surface area contributed by atoms with Gasteiger partial charge in [-0.3, -0.25) is 14.9 Å². The Morgan fingerprint density at radius 2 is 1.80 bits per heavy atom. The minimum Gasteiger partial charge on any atom is -0.294 e. The van der Waals surface area contributed by atoms with Gasteiger partial charge >= 0.3 is 0 Å². The summed E-state index contributed by atoms with van der Waals surface area (Å²) in [5, 5.41) is 10.8. The van der Waals surface area contributed by atoms with E-state index >= 15 is 0 Å². The number of rotatable bonds is 4. The number of carbonyl (C=O) groups excluding carboxylic acids is 1. The SMILES string of the molecule is Cc1ccccc1CC(=O)c1ccc([N+](=O)[O-])c(C)c1. The molecule has 0 aliphatic heterocycles. The number of nitrogens with zero attached hydrogens (tertiary/aromatic N) is 1. The van der Waals surface area contributed by atoms with Crippen LogP contribution in [-0.4, -0.2) is 10.7 Å².